The molecule has 0 aliphatic heterocycles. The standard InChI is InChI=1S/C16H19N3O2/c1-12-6-4-5-7-15(12)18(3)11-13-8-9-16(19(20)21)14(10-13)17-2/h4-10,17H,11H2,1-3H3. The maximum Gasteiger partial charge on any atom is 0.292 e. The van der Waals surface area contributed by atoms with Gasteiger partial charge >= 0.3 is 0 Å². The first-order chi connectivity index (χ1) is 10.0. The van der Waals surface area contributed by atoms with Gasteiger partial charge in [0.2, 0.25) is 0 Å². The average Bonchev–Trinajstić information content (AvgIpc) is 2.47. The highest BCUT2D eigenvalue weighted by atomic mass is 16.6. The predicted octanol–water partition coefficient (Wildman–Crippen LogP) is 3.58. The lowest BCUT2D eigenvalue weighted by Gasteiger charge is -2.21. The Kier molecular flexibility index (Phi) is 4.42. The number of nitrogens with one attached hydrogen (secondary N) is 1. The fourth-order valence-electron chi connectivity index (χ4n) is 2.39. The Morgan fingerprint density at radius 1 is 1.24 bits per heavy atom. The first kappa shape index (κ1) is 14.8. The van der Waals surface area contributed by atoms with Gasteiger partial charge in [0.25, 0.3) is 5.69 Å². The van der Waals surface area contributed by atoms with Gasteiger partial charge in [0, 0.05) is 32.4 Å². The van der Waals surface area contributed by atoms with Gasteiger partial charge in [-0.2, -0.15) is 0 Å². The molecule has 0 saturated heterocycles. The van der Waals surface area contributed by atoms with Crippen LogP contribution in [0.2, 0.25) is 0 Å². The van der Waals surface area contributed by atoms with Crippen LogP contribution in [0.25, 0.3) is 0 Å². The summed E-state index contributed by atoms with van der Waals surface area (Å²) in [5.41, 5.74) is 4.02. The van der Waals surface area contributed by atoms with Gasteiger partial charge in [-0.25, -0.2) is 0 Å². The number of nitrogens with zero attached hydrogens (tertiary/aromatic N) is 2. The molecular formula is C16H19N3O2. The van der Waals surface area contributed by atoms with Crippen LogP contribution < -0.4 is 10.2 Å². The number of hydrogen-bond acceptors (Lipinski definition) is 4. The fraction of sp³-hybridized carbons (Fsp3) is 0.250. The van der Waals surface area contributed by atoms with Crippen molar-refractivity contribution in [1.29, 1.82) is 0 Å². The van der Waals surface area contributed by atoms with E-state index in [-0.39, 0.29) is 10.6 Å². The molecular weight excluding hydrogens is 266 g/mol. The minimum Gasteiger partial charge on any atom is -0.383 e. The molecule has 0 bridgehead atoms. The highest BCUT2D eigenvalue weighted by Crippen LogP contribution is 2.26. The Morgan fingerprint density at radius 2 is 1.95 bits per heavy atom. The summed E-state index contributed by atoms with van der Waals surface area (Å²) in [5, 5.41) is 13.8. The third-order valence-corrected chi connectivity index (χ3v) is 3.47. The molecule has 0 spiro atoms. The highest BCUT2D eigenvalue weighted by molar-refractivity contribution is 5.63. The zero-order chi connectivity index (χ0) is 15.4. The van der Waals surface area contributed by atoms with Gasteiger partial charge in [-0.05, 0) is 30.2 Å². The number of rotatable bonds is 5. The molecule has 110 valence electrons. The molecule has 0 unspecified atom stereocenters. The number of anilines is 2. The Morgan fingerprint density at radius 3 is 2.57 bits per heavy atom. The van der Waals surface area contributed by atoms with Gasteiger partial charge in [-0.1, -0.05) is 24.3 Å². The summed E-state index contributed by atoms with van der Waals surface area (Å²) in [4.78, 5) is 12.7. The van der Waals surface area contributed by atoms with Crippen LogP contribution in [0.15, 0.2) is 42.5 Å². The second kappa shape index (κ2) is 6.26. The molecule has 0 heterocycles. The number of hydrogen-bond donors (Lipinski definition) is 1. The summed E-state index contributed by atoms with van der Waals surface area (Å²) in [6, 6.07) is 13.3. The normalized spacial score (nSPS) is 10.2. The van der Waals surface area contributed by atoms with Crippen molar-refractivity contribution in [2.75, 3.05) is 24.3 Å². The van der Waals surface area contributed by atoms with Crippen molar-refractivity contribution >= 4 is 17.1 Å². The van der Waals surface area contributed by atoms with Gasteiger partial charge < -0.3 is 10.2 Å². The van der Waals surface area contributed by atoms with Crippen molar-refractivity contribution in [2.24, 2.45) is 0 Å². The topological polar surface area (TPSA) is 58.4 Å². The molecule has 2 rings (SSSR count). The number of nitro benzene ring substituents is 1. The van der Waals surface area contributed by atoms with Crippen molar-refractivity contribution in [3.05, 3.63) is 63.7 Å². The molecule has 1 N–H and O–H groups in total. The minimum atomic E-state index is -0.374. The second-order valence-corrected chi connectivity index (χ2v) is 5.00. The Hall–Kier alpha value is -2.56. The zero-order valence-corrected chi connectivity index (χ0v) is 12.5. The molecule has 0 aliphatic rings. The van der Waals surface area contributed by atoms with Crippen molar-refractivity contribution in [1.82, 2.24) is 0 Å². The lowest BCUT2D eigenvalue weighted by Crippen LogP contribution is -2.17. The summed E-state index contributed by atoms with van der Waals surface area (Å²) in [6.07, 6.45) is 0. The van der Waals surface area contributed by atoms with E-state index in [4.69, 9.17) is 0 Å². The molecule has 21 heavy (non-hydrogen) atoms. The minimum absolute atomic E-state index is 0.0970. The molecule has 2 aromatic carbocycles. The number of nitro groups is 1. The summed E-state index contributed by atoms with van der Waals surface area (Å²) in [7, 11) is 3.71. The first-order valence-corrected chi connectivity index (χ1v) is 6.74. The van der Waals surface area contributed by atoms with E-state index in [1.807, 2.05) is 25.2 Å². The zero-order valence-electron chi connectivity index (χ0n) is 12.5. The van der Waals surface area contributed by atoms with E-state index >= 15 is 0 Å². The summed E-state index contributed by atoms with van der Waals surface area (Å²) >= 11 is 0. The van der Waals surface area contributed by atoms with E-state index in [9.17, 15) is 10.1 Å². The van der Waals surface area contributed by atoms with E-state index in [0.29, 0.717) is 12.2 Å². The van der Waals surface area contributed by atoms with Crippen LogP contribution in [0.5, 0.6) is 0 Å². The Balaban J connectivity index is 2.24. The van der Waals surface area contributed by atoms with Crippen LogP contribution >= 0.6 is 0 Å². The van der Waals surface area contributed by atoms with Crippen LogP contribution in [-0.4, -0.2) is 19.0 Å². The van der Waals surface area contributed by atoms with Crippen LogP contribution in [0.4, 0.5) is 17.1 Å². The van der Waals surface area contributed by atoms with Crippen molar-refractivity contribution in [3.63, 3.8) is 0 Å². The lowest BCUT2D eigenvalue weighted by atomic mass is 10.1. The van der Waals surface area contributed by atoms with Gasteiger partial charge in [0.1, 0.15) is 5.69 Å². The number of benzene rings is 2. The van der Waals surface area contributed by atoms with Crippen LogP contribution in [0, 0.1) is 17.0 Å². The summed E-state index contributed by atoms with van der Waals surface area (Å²) in [5.74, 6) is 0. The quantitative estimate of drug-likeness (QED) is 0.674. The molecule has 0 radical (unpaired) electrons. The summed E-state index contributed by atoms with van der Waals surface area (Å²) < 4.78 is 0. The molecule has 5 nitrogen and oxygen atoms in total. The third kappa shape index (κ3) is 3.31. The molecule has 5 heteroatoms. The lowest BCUT2D eigenvalue weighted by molar-refractivity contribution is -0.383. The van der Waals surface area contributed by atoms with Crippen molar-refractivity contribution in [2.45, 2.75) is 13.5 Å². The average molecular weight is 285 g/mol. The number of para-hydroxylation sites is 1. The number of aryl methyl sites for hydroxylation is 1. The van der Waals surface area contributed by atoms with Gasteiger partial charge in [-0.15, -0.1) is 0 Å². The second-order valence-electron chi connectivity index (χ2n) is 5.00. The fourth-order valence-corrected chi connectivity index (χ4v) is 2.39. The smallest absolute Gasteiger partial charge is 0.292 e. The molecule has 0 fully saturated rings. The molecule has 0 aromatic heterocycles. The Labute approximate surface area is 124 Å². The van der Waals surface area contributed by atoms with E-state index < -0.39 is 0 Å². The van der Waals surface area contributed by atoms with Crippen molar-refractivity contribution in [3.8, 4) is 0 Å². The van der Waals surface area contributed by atoms with Crippen LogP contribution in [-0.2, 0) is 6.54 Å². The van der Waals surface area contributed by atoms with E-state index in [1.54, 1.807) is 19.2 Å². The Bertz CT molecular complexity index is 656. The molecule has 2 aromatic rings. The monoisotopic (exact) mass is 285 g/mol. The van der Waals surface area contributed by atoms with Crippen molar-refractivity contribution < 1.29 is 4.92 Å². The maximum absolute atomic E-state index is 10.9. The maximum atomic E-state index is 10.9. The third-order valence-electron chi connectivity index (χ3n) is 3.47. The van der Waals surface area contributed by atoms with E-state index in [0.717, 1.165) is 11.3 Å². The molecule has 0 atom stereocenters. The van der Waals surface area contributed by atoms with E-state index in [1.165, 1.54) is 5.56 Å². The first-order valence-electron chi connectivity index (χ1n) is 6.74. The predicted molar refractivity (Wildman–Crippen MR) is 85.9 cm³/mol. The summed E-state index contributed by atoms with van der Waals surface area (Å²) in [6.45, 7) is 2.76. The van der Waals surface area contributed by atoms with Gasteiger partial charge in [0.15, 0.2) is 0 Å². The van der Waals surface area contributed by atoms with E-state index in [2.05, 4.69) is 29.3 Å². The van der Waals surface area contributed by atoms with Gasteiger partial charge in [0.05, 0.1) is 4.92 Å². The largest absolute Gasteiger partial charge is 0.383 e. The molecule has 0 saturated carbocycles. The van der Waals surface area contributed by atoms with Crippen LogP contribution in [0.1, 0.15) is 11.1 Å². The van der Waals surface area contributed by atoms with Crippen LogP contribution in [0.3, 0.4) is 0 Å². The highest BCUT2D eigenvalue weighted by Gasteiger charge is 2.13. The molecule has 0 aliphatic carbocycles. The molecule has 0 amide bonds. The van der Waals surface area contributed by atoms with Gasteiger partial charge in [-0.3, -0.25) is 10.1 Å². The SMILES string of the molecule is CNc1cc(CN(C)c2ccccc2C)ccc1[N+](=O)[O-].